The summed E-state index contributed by atoms with van der Waals surface area (Å²) in [7, 11) is 0. The molecule has 4 nitrogen and oxygen atoms in total. The zero-order valence-electron chi connectivity index (χ0n) is 12.7. The minimum Gasteiger partial charge on any atom is -0.370 e. The molecule has 112 valence electrons. The number of halogens is 1. The SMILES string of the molecule is CCCNc1cc(Nc2cccc(Br)c2)nc(C(C)C)n1. The highest BCUT2D eigenvalue weighted by molar-refractivity contribution is 9.10. The van der Waals surface area contributed by atoms with Crippen molar-refractivity contribution in [2.45, 2.75) is 33.1 Å². The van der Waals surface area contributed by atoms with E-state index in [4.69, 9.17) is 0 Å². The second-order valence-corrected chi connectivity index (χ2v) is 6.13. The van der Waals surface area contributed by atoms with Gasteiger partial charge in [0.15, 0.2) is 0 Å². The highest BCUT2D eigenvalue weighted by Gasteiger charge is 2.08. The largest absolute Gasteiger partial charge is 0.370 e. The van der Waals surface area contributed by atoms with Crippen LogP contribution in [-0.2, 0) is 0 Å². The minimum absolute atomic E-state index is 0.288. The molecular weight excluding hydrogens is 328 g/mol. The molecule has 5 heteroatoms. The van der Waals surface area contributed by atoms with Gasteiger partial charge in [0.1, 0.15) is 17.5 Å². The maximum atomic E-state index is 4.59. The summed E-state index contributed by atoms with van der Waals surface area (Å²) in [5.74, 6) is 2.81. The van der Waals surface area contributed by atoms with Crippen molar-refractivity contribution in [2.75, 3.05) is 17.2 Å². The first kappa shape index (κ1) is 15.8. The van der Waals surface area contributed by atoms with Crippen LogP contribution in [-0.4, -0.2) is 16.5 Å². The zero-order valence-corrected chi connectivity index (χ0v) is 14.2. The molecular formula is C16H21BrN4. The topological polar surface area (TPSA) is 49.8 Å². The van der Waals surface area contributed by atoms with Crippen molar-refractivity contribution in [1.29, 1.82) is 0 Å². The molecule has 0 atom stereocenters. The lowest BCUT2D eigenvalue weighted by Crippen LogP contribution is -2.08. The van der Waals surface area contributed by atoms with Gasteiger partial charge in [-0.15, -0.1) is 0 Å². The Kier molecular flexibility index (Phi) is 5.56. The lowest BCUT2D eigenvalue weighted by atomic mass is 10.2. The van der Waals surface area contributed by atoms with Gasteiger partial charge in [-0.25, -0.2) is 9.97 Å². The number of nitrogens with one attached hydrogen (secondary N) is 2. The van der Waals surface area contributed by atoms with Gasteiger partial charge in [0.25, 0.3) is 0 Å². The summed E-state index contributed by atoms with van der Waals surface area (Å²) in [6, 6.07) is 9.98. The number of rotatable bonds is 6. The van der Waals surface area contributed by atoms with Gasteiger partial charge in [-0.1, -0.05) is 42.8 Å². The van der Waals surface area contributed by atoms with Gasteiger partial charge in [-0.3, -0.25) is 0 Å². The van der Waals surface area contributed by atoms with Gasteiger partial charge in [0.05, 0.1) is 0 Å². The minimum atomic E-state index is 0.288. The first-order chi connectivity index (χ1) is 10.1. The van der Waals surface area contributed by atoms with Crippen LogP contribution < -0.4 is 10.6 Å². The molecule has 1 aromatic carbocycles. The van der Waals surface area contributed by atoms with Gasteiger partial charge in [-0.2, -0.15) is 0 Å². The van der Waals surface area contributed by atoms with Crippen molar-refractivity contribution in [3.05, 3.63) is 40.6 Å². The summed E-state index contributed by atoms with van der Waals surface area (Å²) < 4.78 is 1.04. The van der Waals surface area contributed by atoms with E-state index in [1.165, 1.54) is 0 Å². The van der Waals surface area contributed by atoms with Crippen LogP contribution in [0.1, 0.15) is 38.9 Å². The fourth-order valence-electron chi connectivity index (χ4n) is 1.85. The Balaban J connectivity index is 2.26. The molecule has 0 spiro atoms. The molecule has 0 saturated heterocycles. The van der Waals surface area contributed by atoms with E-state index in [0.29, 0.717) is 0 Å². The van der Waals surface area contributed by atoms with E-state index in [1.807, 2.05) is 30.3 Å². The van der Waals surface area contributed by atoms with Crippen molar-refractivity contribution in [1.82, 2.24) is 9.97 Å². The van der Waals surface area contributed by atoms with Crippen molar-refractivity contribution in [3.63, 3.8) is 0 Å². The Hall–Kier alpha value is -1.62. The van der Waals surface area contributed by atoms with Crippen molar-refractivity contribution in [3.8, 4) is 0 Å². The Bertz CT molecular complexity index is 599. The van der Waals surface area contributed by atoms with Crippen LogP contribution in [0.2, 0.25) is 0 Å². The number of hydrogen-bond acceptors (Lipinski definition) is 4. The van der Waals surface area contributed by atoms with Gasteiger partial charge in [0.2, 0.25) is 0 Å². The van der Waals surface area contributed by atoms with Crippen molar-refractivity contribution < 1.29 is 0 Å². The van der Waals surface area contributed by atoms with Gasteiger partial charge in [-0.05, 0) is 24.6 Å². The molecule has 1 aromatic heterocycles. The van der Waals surface area contributed by atoms with Gasteiger partial charge >= 0.3 is 0 Å². The fraction of sp³-hybridized carbons (Fsp3) is 0.375. The first-order valence-electron chi connectivity index (χ1n) is 7.24. The number of aromatic nitrogens is 2. The first-order valence-corrected chi connectivity index (χ1v) is 8.03. The standard InChI is InChI=1S/C16H21BrN4/c1-4-8-18-14-10-15(21-16(20-14)11(2)3)19-13-7-5-6-12(17)9-13/h5-7,9-11H,4,8H2,1-3H3,(H2,18,19,20,21). The molecule has 0 aliphatic rings. The van der Waals surface area contributed by atoms with Gasteiger partial charge < -0.3 is 10.6 Å². The van der Waals surface area contributed by atoms with Gasteiger partial charge in [0, 0.05) is 28.7 Å². The van der Waals surface area contributed by atoms with Crippen LogP contribution in [0.15, 0.2) is 34.8 Å². The van der Waals surface area contributed by atoms with E-state index in [0.717, 1.165) is 40.6 Å². The highest BCUT2D eigenvalue weighted by atomic mass is 79.9. The van der Waals surface area contributed by atoms with E-state index in [9.17, 15) is 0 Å². The van der Waals surface area contributed by atoms with E-state index in [2.05, 4.69) is 57.3 Å². The van der Waals surface area contributed by atoms with Crippen LogP contribution in [0.25, 0.3) is 0 Å². The molecule has 21 heavy (non-hydrogen) atoms. The Morgan fingerprint density at radius 1 is 1.14 bits per heavy atom. The third-order valence-corrected chi connectivity index (χ3v) is 3.41. The van der Waals surface area contributed by atoms with E-state index in [-0.39, 0.29) is 5.92 Å². The molecule has 0 aliphatic carbocycles. The van der Waals surface area contributed by atoms with Crippen LogP contribution in [0.3, 0.4) is 0 Å². The summed E-state index contributed by atoms with van der Waals surface area (Å²) in [6.07, 6.45) is 1.06. The summed E-state index contributed by atoms with van der Waals surface area (Å²) in [5, 5.41) is 6.66. The Morgan fingerprint density at radius 3 is 2.57 bits per heavy atom. The molecule has 0 amide bonds. The average Bonchev–Trinajstić information content (AvgIpc) is 2.45. The summed E-state index contributed by atoms with van der Waals surface area (Å²) in [4.78, 5) is 9.15. The molecule has 0 saturated carbocycles. The quantitative estimate of drug-likeness (QED) is 0.777. The third kappa shape index (κ3) is 4.70. The van der Waals surface area contributed by atoms with E-state index >= 15 is 0 Å². The molecule has 0 fully saturated rings. The Morgan fingerprint density at radius 2 is 1.90 bits per heavy atom. The molecule has 1 heterocycles. The normalized spacial score (nSPS) is 10.7. The maximum Gasteiger partial charge on any atom is 0.136 e. The van der Waals surface area contributed by atoms with Crippen molar-refractivity contribution >= 4 is 33.3 Å². The smallest absolute Gasteiger partial charge is 0.136 e. The van der Waals surface area contributed by atoms with Crippen LogP contribution in [0, 0.1) is 0 Å². The second kappa shape index (κ2) is 7.41. The summed E-state index contributed by atoms with van der Waals surface area (Å²) in [6.45, 7) is 7.24. The summed E-state index contributed by atoms with van der Waals surface area (Å²) >= 11 is 3.48. The van der Waals surface area contributed by atoms with E-state index < -0.39 is 0 Å². The lowest BCUT2D eigenvalue weighted by Gasteiger charge is -2.12. The fourth-order valence-corrected chi connectivity index (χ4v) is 2.25. The second-order valence-electron chi connectivity index (χ2n) is 5.21. The average molecular weight is 349 g/mol. The molecule has 0 aliphatic heterocycles. The number of hydrogen-bond donors (Lipinski definition) is 2. The molecule has 2 N–H and O–H groups in total. The number of benzene rings is 1. The number of anilines is 3. The maximum absolute atomic E-state index is 4.59. The van der Waals surface area contributed by atoms with Crippen molar-refractivity contribution in [2.24, 2.45) is 0 Å². The molecule has 2 aromatic rings. The molecule has 2 rings (SSSR count). The predicted molar refractivity (Wildman–Crippen MR) is 92.3 cm³/mol. The summed E-state index contributed by atoms with van der Waals surface area (Å²) in [5.41, 5.74) is 0.999. The molecule has 0 unspecified atom stereocenters. The lowest BCUT2D eigenvalue weighted by molar-refractivity contribution is 0.775. The zero-order chi connectivity index (χ0) is 15.2. The van der Waals surface area contributed by atoms with Crippen LogP contribution in [0.4, 0.5) is 17.3 Å². The third-order valence-electron chi connectivity index (χ3n) is 2.91. The monoisotopic (exact) mass is 348 g/mol. The number of nitrogens with zero attached hydrogens (tertiary/aromatic N) is 2. The van der Waals surface area contributed by atoms with E-state index in [1.54, 1.807) is 0 Å². The predicted octanol–water partition coefficient (Wildman–Crippen LogP) is 4.93. The Labute approximate surface area is 134 Å². The molecule has 0 radical (unpaired) electrons. The van der Waals surface area contributed by atoms with Crippen LogP contribution >= 0.6 is 15.9 Å². The molecule has 0 bridgehead atoms. The highest BCUT2D eigenvalue weighted by Crippen LogP contribution is 2.22. The van der Waals surface area contributed by atoms with Crippen LogP contribution in [0.5, 0.6) is 0 Å².